The second-order valence-electron chi connectivity index (χ2n) is 7.98. The summed E-state index contributed by atoms with van der Waals surface area (Å²) in [5.41, 5.74) is 11.5. The summed E-state index contributed by atoms with van der Waals surface area (Å²) < 4.78 is 0. The predicted molar refractivity (Wildman–Crippen MR) is 111 cm³/mol. The normalized spacial score (nSPS) is 22.7. The molecule has 1 aromatic heterocycles. The maximum Gasteiger partial charge on any atom is 0.0605 e. The molecule has 0 saturated heterocycles. The van der Waals surface area contributed by atoms with Gasteiger partial charge in [-0.1, -0.05) is 30.3 Å². The number of aryl methyl sites for hydroxylation is 1. The molecule has 1 aliphatic carbocycles. The number of aromatic nitrogens is 1. The van der Waals surface area contributed by atoms with Crippen LogP contribution in [0.15, 0.2) is 42.6 Å². The van der Waals surface area contributed by atoms with Gasteiger partial charge in [-0.25, -0.2) is 0 Å². The van der Waals surface area contributed by atoms with Crippen LogP contribution in [0.25, 0.3) is 0 Å². The Balaban J connectivity index is 1.50. The zero-order valence-electron chi connectivity index (χ0n) is 16.2. The molecule has 0 saturated carbocycles. The Kier molecular flexibility index (Phi) is 6.17. The van der Waals surface area contributed by atoms with E-state index in [1.807, 2.05) is 6.20 Å². The van der Waals surface area contributed by atoms with Crippen LogP contribution in [0, 0.1) is 0 Å². The molecule has 4 N–H and O–H groups in total. The van der Waals surface area contributed by atoms with E-state index in [1.54, 1.807) is 0 Å². The molecule has 0 amide bonds. The lowest BCUT2D eigenvalue weighted by Gasteiger charge is -2.34. The second-order valence-corrected chi connectivity index (χ2v) is 7.98. The van der Waals surface area contributed by atoms with Gasteiger partial charge in [-0.05, 0) is 80.8 Å². The van der Waals surface area contributed by atoms with E-state index >= 15 is 0 Å². The van der Waals surface area contributed by atoms with Gasteiger partial charge < -0.3 is 16.4 Å². The van der Waals surface area contributed by atoms with Crippen LogP contribution in [-0.2, 0) is 12.8 Å². The topological polar surface area (TPSA) is 63.0 Å². The van der Waals surface area contributed by atoms with E-state index in [0.717, 1.165) is 45.2 Å². The number of hydrogen-bond acceptors (Lipinski definition) is 4. The molecule has 2 aromatic rings. The number of pyridine rings is 1. The average Bonchev–Trinajstić information content (AvgIpc) is 2.72. The van der Waals surface area contributed by atoms with Crippen LogP contribution < -0.4 is 16.4 Å². The van der Waals surface area contributed by atoms with Crippen molar-refractivity contribution < 1.29 is 0 Å². The van der Waals surface area contributed by atoms with Crippen LogP contribution in [0.5, 0.6) is 0 Å². The molecule has 0 spiro atoms. The monoisotopic (exact) mass is 364 g/mol. The first kappa shape index (κ1) is 18.6. The van der Waals surface area contributed by atoms with Crippen molar-refractivity contribution in [3.8, 4) is 0 Å². The van der Waals surface area contributed by atoms with Crippen LogP contribution in [-0.4, -0.2) is 24.1 Å². The van der Waals surface area contributed by atoms with Gasteiger partial charge in [0.05, 0.1) is 5.69 Å². The largest absolute Gasteiger partial charge is 0.330 e. The van der Waals surface area contributed by atoms with Crippen LogP contribution in [0.4, 0.5) is 0 Å². The Morgan fingerprint density at radius 1 is 1.15 bits per heavy atom. The number of fused-ring (bicyclic) bond motifs is 2. The van der Waals surface area contributed by atoms with Crippen molar-refractivity contribution >= 4 is 0 Å². The van der Waals surface area contributed by atoms with Crippen molar-refractivity contribution in [3.05, 3.63) is 65.0 Å². The Bertz CT molecular complexity index is 685. The fraction of sp³-hybridized carbons (Fsp3) is 0.522. The molecule has 4 rings (SSSR count). The summed E-state index contributed by atoms with van der Waals surface area (Å²) in [6, 6.07) is 14.5. The van der Waals surface area contributed by atoms with Gasteiger partial charge in [0.2, 0.25) is 0 Å². The molecule has 144 valence electrons. The molecule has 2 aliphatic rings. The Labute approximate surface area is 163 Å². The summed E-state index contributed by atoms with van der Waals surface area (Å²) in [5, 5.41) is 7.72. The van der Waals surface area contributed by atoms with E-state index in [2.05, 4.69) is 47.0 Å². The first-order valence-electron chi connectivity index (χ1n) is 10.6. The van der Waals surface area contributed by atoms with Crippen molar-refractivity contribution in [3.63, 3.8) is 0 Å². The Hall–Kier alpha value is -1.75. The molecule has 3 atom stereocenters. The SMILES string of the molecule is NCCCC(C[C@H]1NCCc2ccccc21)N[C@H]1CCCc2cccnc21. The number of nitrogens with zero attached hydrogens (tertiary/aromatic N) is 1. The van der Waals surface area contributed by atoms with Gasteiger partial charge >= 0.3 is 0 Å². The standard InChI is InChI=1S/C23H32N4/c24-13-4-9-19(16-22-20-10-2-1-6-17(20)12-15-25-22)27-21-11-3-7-18-8-5-14-26-23(18)21/h1-2,5-6,8,10,14,19,21-22,25,27H,3-4,7,9,11-13,15-16,24H2/t19?,21-,22+/m0/s1. The third kappa shape index (κ3) is 4.40. The first-order chi connectivity index (χ1) is 13.3. The number of hydrogen-bond donors (Lipinski definition) is 3. The van der Waals surface area contributed by atoms with Gasteiger partial charge in [0.15, 0.2) is 0 Å². The highest BCUT2D eigenvalue weighted by atomic mass is 15.0. The molecule has 2 heterocycles. The molecule has 1 aromatic carbocycles. The highest BCUT2D eigenvalue weighted by molar-refractivity contribution is 5.32. The van der Waals surface area contributed by atoms with Crippen LogP contribution in [0.3, 0.4) is 0 Å². The summed E-state index contributed by atoms with van der Waals surface area (Å²) in [6.45, 7) is 1.82. The minimum absolute atomic E-state index is 0.372. The quantitative estimate of drug-likeness (QED) is 0.704. The van der Waals surface area contributed by atoms with Gasteiger partial charge in [0.25, 0.3) is 0 Å². The van der Waals surface area contributed by atoms with E-state index in [9.17, 15) is 0 Å². The maximum atomic E-state index is 5.84. The van der Waals surface area contributed by atoms with Gasteiger partial charge in [0.1, 0.15) is 0 Å². The molecule has 0 fully saturated rings. The first-order valence-corrected chi connectivity index (χ1v) is 10.6. The third-order valence-corrected chi connectivity index (χ3v) is 6.12. The fourth-order valence-electron chi connectivity index (χ4n) is 4.78. The number of nitrogens with two attached hydrogens (primary N) is 1. The van der Waals surface area contributed by atoms with Gasteiger partial charge in [-0.15, -0.1) is 0 Å². The minimum Gasteiger partial charge on any atom is -0.330 e. The molecule has 1 unspecified atom stereocenters. The molecule has 0 radical (unpaired) electrons. The van der Waals surface area contributed by atoms with Crippen LogP contribution in [0.1, 0.15) is 66.6 Å². The molecular formula is C23H32N4. The van der Waals surface area contributed by atoms with Gasteiger partial charge in [0, 0.05) is 24.3 Å². The number of rotatable bonds is 7. The van der Waals surface area contributed by atoms with E-state index in [0.29, 0.717) is 18.1 Å². The average molecular weight is 365 g/mol. The molecule has 0 bridgehead atoms. The molecule has 27 heavy (non-hydrogen) atoms. The van der Waals surface area contributed by atoms with E-state index in [1.165, 1.54) is 35.2 Å². The minimum atomic E-state index is 0.372. The summed E-state index contributed by atoms with van der Waals surface area (Å²) in [6.07, 6.45) is 9.94. The van der Waals surface area contributed by atoms with Crippen LogP contribution in [0.2, 0.25) is 0 Å². The molecule has 4 heteroatoms. The highest BCUT2D eigenvalue weighted by Crippen LogP contribution is 2.31. The molecule has 1 aliphatic heterocycles. The summed E-state index contributed by atoms with van der Waals surface area (Å²) >= 11 is 0. The number of benzene rings is 1. The highest BCUT2D eigenvalue weighted by Gasteiger charge is 2.27. The summed E-state index contributed by atoms with van der Waals surface area (Å²) in [4.78, 5) is 4.71. The van der Waals surface area contributed by atoms with Crippen molar-refractivity contribution in [2.75, 3.05) is 13.1 Å². The lowest BCUT2D eigenvalue weighted by atomic mass is 9.87. The molecule has 4 nitrogen and oxygen atoms in total. The fourth-order valence-corrected chi connectivity index (χ4v) is 4.78. The Morgan fingerprint density at radius 3 is 2.96 bits per heavy atom. The van der Waals surface area contributed by atoms with Crippen molar-refractivity contribution in [2.45, 2.75) is 63.1 Å². The zero-order chi connectivity index (χ0) is 18.5. The lowest BCUT2D eigenvalue weighted by molar-refractivity contribution is 0.319. The zero-order valence-corrected chi connectivity index (χ0v) is 16.2. The Morgan fingerprint density at radius 2 is 2.04 bits per heavy atom. The number of nitrogens with one attached hydrogen (secondary N) is 2. The van der Waals surface area contributed by atoms with Crippen molar-refractivity contribution in [1.29, 1.82) is 0 Å². The lowest BCUT2D eigenvalue weighted by Crippen LogP contribution is -2.40. The van der Waals surface area contributed by atoms with E-state index in [4.69, 9.17) is 10.7 Å². The molecular weight excluding hydrogens is 332 g/mol. The maximum absolute atomic E-state index is 5.84. The van der Waals surface area contributed by atoms with E-state index < -0.39 is 0 Å². The van der Waals surface area contributed by atoms with Crippen LogP contribution >= 0.6 is 0 Å². The van der Waals surface area contributed by atoms with Crippen molar-refractivity contribution in [1.82, 2.24) is 15.6 Å². The van der Waals surface area contributed by atoms with Gasteiger partial charge in [-0.2, -0.15) is 0 Å². The van der Waals surface area contributed by atoms with Crippen molar-refractivity contribution in [2.24, 2.45) is 5.73 Å². The smallest absolute Gasteiger partial charge is 0.0605 e. The van der Waals surface area contributed by atoms with E-state index in [-0.39, 0.29) is 0 Å². The van der Waals surface area contributed by atoms with Gasteiger partial charge in [-0.3, -0.25) is 4.98 Å². The third-order valence-electron chi connectivity index (χ3n) is 6.12. The summed E-state index contributed by atoms with van der Waals surface area (Å²) in [5.74, 6) is 0. The predicted octanol–water partition coefficient (Wildman–Crippen LogP) is 3.43. The summed E-state index contributed by atoms with van der Waals surface area (Å²) in [7, 11) is 0. The second kappa shape index (κ2) is 8.96.